The van der Waals surface area contributed by atoms with Crippen LogP contribution in [0.1, 0.15) is 36.3 Å². The average molecular weight is 516 g/mol. The fourth-order valence-corrected chi connectivity index (χ4v) is 4.25. The molecule has 0 fully saturated rings. The molecular formula is C27H33N9O2. The van der Waals surface area contributed by atoms with E-state index in [0.717, 1.165) is 37.3 Å². The molecule has 11 nitrogen and oxygen atoms in total. The number of rotatable bonds is 10. The van der Waals surface area contributed by atoms with Crippen LogP contribution in [0.15, 0.2) is 55.0 Å². The molecule has 198 valence electrons. The van der Waals surface area contributed by atoms with Gasteiger partial charge in [0.05, 0.1) is 5.56 Å². The Hall–Kier alpha value is -4.51. The number of amides is 3. The molecule has 3 heterocycles. The van der Waals surface area contributed by atoms with Crippen molar-refractivity contribution < 1.29 is 9.59 Å². The minimum absolute atomic E-state index is 0.211. The molecule has 0 bridgehead atoms. The number of carbonyl (C=O) groups is 2. The Morgan fingerprint density at radius 3 is 2.53 bits per heavy atom. The molecular weight excluding hydrogens is 482 g/mol. The van der Waals surface area contributed by atoms with Crippen LogP contribution in [-0.4, -0.2) is 62.6 Å². The number of aromatic nitrogens is 4. The lowest BCUT2D eigenvalue weighted by Gasteiger charge is -2.17. The van der Waals surface area contributed by atoms with Gasteiger partial charge in [-0.2, -0.15) is 5.10 Å². The van der Waals surface area contributed by atoms with Crippen LogP contribution in [0.2, 0.25) is 0 Å². The zero-order valence-corrected chi connectivity index (χ0v) is 21.9. The van der Waals surface area contributed by atoms with Crippen molar-refractivity contribution in [3.8, 4) is 11.1 Å². The van der Waals surface area contributed by atoms with Crippen molar-refractivity contribution in [3.05, 3.63) is 66.2 Å². The summed E-state index contributed by atoms with van der Waals surface area (Å²) in [5, 5.41) is 12.8. The summed E-state index contributed by atoms with van der Waals surface area (Å²) in [5.74, 6) is 0.516. The Kier molecular flexibility index (Phi) is 8.49. The van der Waals surface area contributed by atoms with E-state index in [1.54, 1.807) is 28.9 Å². The molecule has 3 amide bonds. The van der Waals surface area contributed by atoms with E-state index in [2.05, 4.69) is 49.8 Å². The Balaban J connectivity index is 1.52. The van der Waals surface area contributed by atoms with Gasteiger partial charge in [0.15, 0.2) is 5.82 Å². The molecule has 0 saturated heterocycles. The van der Waals surface area contributed by atoms with Crippen LogP contribution in [0.4, 0.5) is 22.1 Å². The molecule has 0 aliphatic rings. The predicted molar refractivity (Wildman–Crippen MR) is 149 cm³/mol. The van der Waals surface area contributed by atoms with Gasteiger partial charge in [-0.3, -0.25) is 10.1 Å². The van der Waals surface area contributed by atoms with Gasteiger partial charge in [0.1, 0.15) is 17.7 Å². The van der Waals surface area contributed by atoms with Crippen LogP contribution in [0, 0.1) is 6.92 Å². The number of nitrogens with zero attached hydrogens (tertiary/aromatic N) is 5. The third-order valence-corrected chi connectivity index (χ3v) is 6.24. The molecule has 0 radical (unpaired) electrons. The van der Waals surface area contributed by atoms with Crippen molar-refractivity contribution in [2.24, 2.45) is 0 Å². The second-order valence-electron chi connectivity index (χ2n) is 8.81. The van der Waals surface area contributed by atoms with Crippen molar-refractivity contribution in [2.45, 2.75) is 27.2 Å². The number of benzene rings is 1. The summed E-state index contributed by atoms with van der Waals surface area (Å²) in [4.78, 5) is 36.3. The van der Waals surface area contributed by atoms with Crippen LogP contribution < -0.4 is 21.7 Å². The lowest BCUT2D eigenvalue weighted by Crippen LogP contribution is -2.30. The van der Waals surface area contributed by atoms with Gasteiger partial charge in [-0.25, -0.2) is 19.3 Å². The lowest BCUT2D eigenvalue weighted by molar-refractivity contribution is 0.0952. The number of hydrogen-bond donors (Lipinski definition) is 4. The summed E-state index contributed by atoms with van der Waals surface area (Å²) in [6.07, 6.45) is 3.86. The molecule has 3 aromatic heterocycles. The number of urea groups is 1. The van der Waals surface area contributed by atoms with Gasteiger partial charge in [0, 0.05) is 29.7 Å². The second kappa shape index (κ2) is 12.2. The fourth-order valence-electron chi connectivity index (χ4n) is 4.25. The van der Waals surface area contributed by atoms with Gasteiger partial charge in [0.25, 0.3) is 5.91 Å². The normalized spacial score (nSPS) is 11.1. The highest BCUT2D eigenvalue weighted by atomic mass is 16.2. The standard InChI is InChI=1S/C27H33N9O2/c1-4-35(5-2)15-7-14-29-26(37)21-16-36-24(25(28)30-17-31-36)23(21)19-10-12-20(13-11-19)33-27(38)34-22-9-6-8-18(3)32-22/h6,8-13,16-17H,4-5,7,14-15H2,1-3H3,(H,29,37)(H2,28,30,31)(H2,32,33,34,38). The van der Waals surface area contributed by atoms with Crippen LogP contribution in [0.25, 0.3) is 16.6 Å². The van der Waals surface area contributed by atoms with E-state index in [1.165, 1.54) is 6.33 Å². The summed E-state index contributed by atoms with van der Waals surface area (Å²) in [6, 6.07) is 12.1. The minimum atomic E-state index is -0.410. The molecule has 4 aromatic rings. The molecule has 0 unspecified atom stereocenters. The van der Waals surface area contributed by atoms with Crippen LogP contribution in [0.3, 0.4) is 0 Å². The first-order chi connectivity index (χ1) is 18.4. The summed E-state index contributed by atoms with van der Waals surface area (Å²) < 4.78 is 1.57. The summed E-state index contributed by atoms with van der Waals surface area (Å²) in [6.45, 7) is 9.53. The van der Waals surface area contributed by atoms with Gasteiger partial charge >= 0.3 is 6.03 Å². The third-order valence-electron chi connectivity index (χ3n) is 6.24. The summed E-state index contributed by atoms with van der Waals surface area (Å²) in [5.41, 5.74) is 9.94. The molecule has 0 spiro atoms. The van der Waals surface area contributed by atoms with E-state index in [4.69, 9.17) is 5.73 Å². The second-order valence-corrected chi connectivity index (χ2v) is 8.81. The highest BCUT2D eigenvalue weighted by Crippen LogP contribution is 2.33. The van der Waals surface area contributed by atoms with Gasteiger partial charge < -0.3 is 21.3 Å². The van der Waals surface area contributed by atoms with Gasteiger partial charge in [-0.1, -0.05) is 32.0 Å². The topological polar surface area (TPSA) is 143 Å². The number of carbonyl (C=O) groups excluding carboxylic acids is 2. The van der Waals surface area contributed by atoms with Crippen LogP contribution in [-0.2, 0) is 0 Å². The monoisotopic (exact) mass is 515 g/mol. The van der Waals surface area contributed by atoms with Gasteiger partial charge in [-0.05, 0) is 62.8 Å². The first-order valence-corrected chi connectivity index (χ1v) is 12.6. The summed E-state index contributed by atoms with van der Waals surface area (Å²) in [7, 11) is 0. The van der Waals surface area contributed by atoms with E-state index < -0.39 is 6.03 Å². The maximum Gasteiger partial charge on any atom is 0.324 e. The van der Waals surface area contributed by atoms with E-state index in [1.807, 2.05) is 31.2 Å². The molecule has 0 aliphatic carbocycles. The van der Waals surface area contributed by atoms with Crippen molar-refractivity contribution in [1.82, 2.24) is 29.8 Å². The number of hydrogen-bond acceptors (Lipinski definition) is 7. The number of pyridine rings is 1. The van der Waals surface area contributed by atoms with Crippen molar-refractivity contribution in [1.29, 1.82) is 0 Å². The minimum Gasteiger partial charge on any atom is -0.382 e. The number of fused-ring (bicyclic) bond motifs is 1. The number of nitrogen functional groups attached to an aromatic ring is 1. The SMILES string of the molecule is CCN(CC)CCCNC(=O)c1cn2ncnc(N)c2c1-c1ccc(NC(=O)Nc2cccc(C)n2)cc1. The zero-order chi connectivity index (χ0) is 27.1. The predicted octanol–water partition coefficient (Wildman–Crippen LogP) is 3.79. The molecule has 0 aliphatic heterocycles. The quantitative estimate of drug-likeness (QED) is 0.235. The molecule has 0 atom stereocenters. The van der Waals surface area contributed by atoms with E-state index >= 15 is 0 Å². The Morgan fingerprint density at radius 2 is 1.82 bits per heavy atom. The highest BCUT2D eigenvalue weighted by molar-refractivity contribution is 6.07. The first-order valence-electron chi connectivity index (χ1n) is 12.6. The largest absolute Gasteiger partial charge is 0.382 e. The van der Waals surface area contributed by atoms with Crippen LogP contribution >= 0.6 is 0 Å². The fraction of sp³-hybridized carbons (Fsp3) is 0.296. The Bertz CT molecular complexity index is 1410. The van der Waals surface area contributed by atoms with Crippen molar-refractivity contribution in [3.63, 3.8) is 0 Å². The van der Waals surface area contributed by atoms with E-state index in [-0.39, 0.29) is 11.7 Å². The van der Waals surface area contributed by atoms with E-state index in [9.17, 15) is 9.59 Å². The van der Waals surface area contributed by atoms with Gasteiger partial charge in [0.2, 0.25) is 0 Å². The number of aryl methyl sites for hydroxylation is 1. The van der Waals surface area contributed by atoms with Crippen molar-refractivity contribution >= 4 is 34.8 Å². The summed E-state index contributed by atoms with van der Waals surface area (Å²) >= 11 is 0. The maximum atomic E-state index is 13.2. The Morgan fingerprint density at radius 1 is 1.05 bits per heavy atom. The maximum absolute atomic E-state index is 13.2. The molecule has 5 N–H and O–H groups in total. The molecule has 11 heteroatoms. The smallest absolute Gasteiger partial charge is 0.324 e. The first kappa shape index (κ1) is 26.6. The van der Waals surface area contributed by atoms with E-state index in [0.29, 0.717) is 34.7 Å². The highest BCUT2D eigenvalue weighted by Gasteiger charge is 2.21. The number of nitrogens with two attached hydrogens (primary N) is 1. The zero-order valence-electron chi connectivity index (χ0n) is 21.9. The number of anilines is 3. The molecule has 1 aromatic carbocycles. The third kappa shape index (κ3) is 6.24. The van der Waals surface area contributed by atoms with Crippen molar-refractivity contribution in [2.75, 3.05) is 42.5 Å². The molecule has 0 saturated carbocycles. The van der Waals surface area contributed by atoms with Crippen LogP contribution in [0.5, 0.6) is 0 Å². The number of nitrogens with one attached hydrogen (secondary N) is 3. The lowest BCUT2D eigenvalue weighted by atomic mass is 10.0. The molecule has 38 heavy (non-hydrogen) atoms. The van der Waals surface area contributed by atoms with Gasteiger partial charge in [-0.15, -0.1) is 0 Å². The Labute approximate surface area is 221 Å². The average Bonchev–Trinajstić information content (AvgIpc) is 3.30. The molecule has 4 rings (SSSR count).